The van der Waals surface area contributed by atoms with E-state index in [1.165, 1.54) is 44.5 Å². The molecule has 0 atom stereocenters. The molecule has 8 rings (SSSR count). The Balaban J connectivity index is 1.35. The molecule has 164 valence electrons. The summed E-state index contributed by atoms with van der Waals surface area (Å²) in [7, 11) is 0. The zero-order valence-electron chi connectivity index (χ0n) is 18.8. The summed E-state index contributed by atoms with van der Waals surface area (Å²) in [6.45, 7) is 0. The molecule has 0 bridgehead atoms. The number of hydrogen-bond acceptors (Lipinski definition) is 4. The van der Waals surface area contributed by atoms with Crippen LogP contribution in [0.2, 0.25) is 0 Å². The van der Waals surface area contributed by atoms with Gasteiger partial charge in [0.25, 0.3) is 0 Å². The van der Waals surface area contributed by atoms with E-state index in [1.54, 1.807) is 18.6 Å². The predicted molar refractivity (Wildman–Crippen MR) is 136 cm³/mol. The second kappa shape index (κ2) is 6.93. The average molecular weight is 450 g/mol. The van der Waals surface area contributed by atoms with Gasteiger partial charge in [-0.05, 0) is 99.8 Å². The van der Waals surface area contributed by atoms with Crippen molar-refractivity contribution in [2.45, 2.75) is 12.8 Å². The molecule has 5 heteroatoms. The van der Waals surface area contributed by atoms with Crippen LogP contribution in [0.5, 0.6) is 0 Å². The lowest BCUT2D eigenvalue weighted by Crippen LogP contribution is -1.99. The van der Waals surface area contributed by atoms with Gasteiger partial charge in [0.05, 0.1) is 29.1 Å². The largest absolute Gasteiger partial charge is 0.291 e. The molecular formula is C30H19N5. The first-order chi connectivity index (χ1) is 17.3. The summed E-state index contributed by atoms with van der Waals surface area (Å²) in [6, 6.07) is 24.1. The second-order valence-electron chi connectivity index (χ2n) is 9.29. The van der Waals surface area contributed by atoms with Crippen molar-refractivity contribution in [3.8, 4) is 39.3 Å². The number of rotatable bonds is 2. The molecule has 35 heavy (non-hydrogen) atoms. The Morgan fingerprint density at radius 1 is 0.629 bits per heavy atom. The Hall–Kier alpha value is -4.64. The number of fused-ring (bicyclic) bond motifs is 7. The van der Waals surface area contributed by atoms with Gasteiger partial charge in [-0.2, -0.15) is 10.2 Å². The monoisotopic (exact) mass is 449 g/mol. The predicted octanol–water partition coefficient (Wildman–Crippen LogP) is 6.02. The molecule has 0 amide bonds. The Kier molecular flexibility index (Phi) is 3.71. The van der Waals surface area contributed by atoms with Gasteiger partial charge in [-0.15, -0.1) is 0 Å². The standard InChI is InChI=1S/C30H19N5/c1-2-6-24-18(4-1)10-20-13-26-21(12-25(20)24)11-22-14-28-29(15-27(22)26)35(23-7-9-32-33-17-23)30(34-28)19-5-3-8-31-16-19/h1-9,12-17H,10-11H2. The first-order valence-electron chi connectivity index (χ1n) is 11.8. The number of benzene rings is 3. The molecule has 3 heterocycles. The summed E-state index contributed by atoms with van der Waals surface area (Å²) in [5.74, 6) is 0.856. The van der Waals surface area contributed by atoms with Gasteiger partial charge in [0.1, 0.15) is 5.82 Å². The van der Waals surface area contributed by atoms with Crippen LogP contribution in [0.4, 0.5) is 0 Å². The maximum absolute atomic E-state index is 5.07. The van der Waals surface area contributed by atoms with Crippen molar-refractivity contribution >= 4 is 11.0 Å². The number of pyridine rings is 1. The van der Waals surface area contributed by atoms with Gasteiger partial charge < -0.3 is 0 Å². The highest BCUT2D eigenvalue weighted by molar-refractivity contribution is 5.93. The van der Waals surface area contributed by atoms with Crippen molar-refractivity contribution in [1.29, 1.82) is 0 Å². The topological polar surface area (TPSA) is 56.5 Å². The Morgan fingerprint density at radius 2 is 1.43 bits per heavy atom. The number of aromatic nitrogens is 5. The molecule has 0 N–H and O–H groups in total. The van der Waals surface area contributed by atoms with Crippen LogP contribution in [-0.2, 0) is 12.8 Å². The highest BCUT2D eigenvalue weighted by Gasteiger charge is 2.27. The van der Waals surface area contributed by atoms with E-state index in [9.17, 15) is 0 Å². The van der Waals surface area contributed by atoms with Gasteiger partial charge in [0.2, 0.25) is 0 Å². The quantitative estimate of drug-likeness (QED) is 0.324. The van der Waals surface area contributed by atoms with Gasteiger partial charge in [0, 0.05) is 18.0 Å². The first kappa shape index (κ1) is 18.7. The minimum atomic E-state index is 0.856. The van der Waals surface area contributed by atoms with E-state index in [0.29, 0.717) is 0 Å². The summed E-state index contributed by atoms with van der Waals surface area (Å²) >= 11 is 0. The molecule has 2 aliphatic rings. The Morgan fingerprint density at radius 3 is 2.26 bits per heavy atom. The first-order valence-corrected chi connectivity index (χ1v) is 11.8. The van der Waals surface area contributed by atoms with Crippen LogP contribution in [0.15, 0.2) is 91.5 Å². The van der Waals surface area contributed by atoms with E-state index in [2.05, 4.69) is 68.3 Å². The third-order valence-corrected chi connectivity index (χ3v) is 7.31. The second-order valence-corrected chi connectivity index (χ2v) is 9.29. The van der Waals surface area contributed by atoms with Crippen molar-refractivity contribution in [2.75, 3.05) is 0 Å². The van der Waals surface area contributed by atoms with E-state index in [-0.39, 0.29) is 0 Å². The van der Waals surface area contributed by atoms with Crippen LogP contribution in [0.25, 0.3) is 50.4 Å². The van der Waals surface area contributed by atoms with Crippen LogP contribution in [-0.4, -0.2) is 24.7 Å². The summed E-state index contributed by atoms with van der Waals surface area (Å²) in [4.78, 5) is 9.39. The molecular weight excluding hydrogens is 430 g/mol. The summed E-state index contributed by atoms with van der Waals surface area (Å²) in [6.07, 6.45) is 9.08. The normalized spacial score (nSPS) is 12.9. The third kappa shape index (κ3) is 2.69. The van der Waals surface area contributed by atoms with Crippen molar-refractivity contribution in [2.24, 2.45) is 0 Å². The van der Waals surface area contributed by atoms with Crippen molar-refractivity contribution in [3.05, 3.63) is 114 Å². The molecule has 0 unspecified atom stereocenters. The average Bonchev–Trinajstić information content (AvgIpc) is 3.57. The maximum atomic E-state index is 5.07. The lowest BCUT2D eigenvalue weighted by molar-refractivity contribution is 0.986. The molecule has 0 spiro atoms. The van der Waals surface area contributed by atoms with Crippen LogP contribution in [0.3, 0.4) is 0 Å². The van der Waals surface area contributed by atoms with E-state index < -0.39 is 0 Å². The van der Waals surface area contributed by atoms with Gasteiger partial charge in [0.15, 0.2) is 0 Å². The lowest BCUT2D eigenvalue weighted by Gasteiger charge is -2.10. The SMILES string of the molecule is c1cncc(-c2nc3cc4c(cc3n2-c2ccnnc2)-c2cc3c(cc2C4)-c2ccccc2C3)c1. The van der Waals surface area contributed by atoms with Gasteiger partial charge in [-0.25, -0.2) is 4.98 Å². The van der Waals surface area contributed by atoms with E-state index in [1.807, 2.05) is 24.4 Å². The number of nitrogens with zero attached hydrogens (tertiary/aromatic N) is 5. The maximum Gasteiger partial charge on any atom is 0.147 e. The summed E-state index contributed by atoms with van der Waals surface area (Å²) < 4.78 is 2.17. The van der Waals surface area contributed by atoms with E-state index >= 15 is 0 Å². The van der Waals surface area contributed by atoms with Gasteiger partial charge in [-0.1, -0.05) is 24.3 Å². The fraction of sp³-hybridized carbons (Fsp3) is 0.0667. The lowest BCUT2D eigenvalue weighted by atomic mass is 9.98. The highest BCUT2D eigenvalue weighted by Crippen LogP contribution is 2.46. The van der Waals surface area contributed by atoms with Crippen LogP contribution < -0.4 is 0 Å². The summed E-state index contributed by atoms with van der Waals surface area (Å²) in [5.41, 5.74) is 14.9. The molecule has 0 saturated carbocycles. The molecule has 2 aliphatic carbocycles. The Bertz CT molecular complexity index is 1790. The van der Waals surface area contributed by atoms with Crippen molar-refractivity contribution in [1.82, 2.24) is 24.7 Å². The molecule has 0 fully saturated rings. The molecule has 5 nitrogen and oxygen atoms in total. The molecule has 0 radical (unpaired) electrons. The fourth-order valence-electron chi connectivity index (χ4n) is 5.76. The van der Waals surface area contributed by atoms with Crippen LogP contribution in [0, 0.1) is 0 Å². The molecule has 6 aromatic rings. The zero-order chi connectivity index (χ0) is 22.9. The smallest absolute Gasteiger partial charge is 0.147 e. The van der Waals surface area contributed by atoms with Crippen molar-refractivity contribution in [3.63, 3.8) is 0 Å². The summed E-state index contributed by atoms with van der Waals surface area (Å²) in [5, 5.41) is 8.12. The molecule has 3 aromatic heterocycles. The Labute approximate surface area is 201 Å². The van der Waals surface area contributed by atoms with Crippen LogP contribution in [0.1, 0.15) is 22.3 Å². The number of imidazole rings is 1. The highest BCUT2D eigenvalue weighted by atomic mass is 15.1. The molecule has 0 aliphatic heterocycles. The fourth-order valence-corrected chi connectivity index (χ4v) is 5.76. The third-order valence-electron chi connectivity index (χ3n) is 7.31. The zero-order valence-corrected chi connectivity index (χ0v) is 18.8. The van der Waals surface area contributed by atoms with Gasteiger partial charge in [-0.3, -0.25) is 9.55 Å². The van der Waals surface area contributed by atoms with Gasteiger partial charge >= 0.3 is 0 Å². The van der Waals surface area contributed by atoms with Crippen molar-refractivity contribution < 1.29 is 0 Å². The number of hydrogen-bond donors (Lipinski definition) is 0. The van der Waals surface area contributed by atoms with E-state index in [4.69, 9.17) is 4.98 Å². The van der Waals surface area contributed by atoms with Crippen LogP contribution >= 0.6 is 0 Å². The minimum absolute atomic E-state index is 0.856. The van der Waals surface area contributed by atoms with E-state index in [0.717, 1.165) is 41.0 Å². The molecule has 0 saturated heterocycles. The minimum Gasteiger partial charge on any atom is -0.291 e. The molecule has 3 aromatic carbocycles.